The smallest absolute Gasteiger partial charge is 0.337 e. The van der Waals surface area contributed by atoms with E-state index in [0.717, 1.165) is 6.07 Å². The average molecular weight is 193 g/mol. The lowest BCUT2D eigenvalue weighted by atomic mass is 10.1. The van der Waals surface area contributed by atoms with E-state index in [-0.39, 0.29) is 12.1 Å². The molecule has 0 bridgehead atoms. The van der Waals surface area contributed by atoms with Crippen molar-refractivity contribution in [2.24, 2.45) is 0 Å². The second kappa shape index (κ2) is 4.28. The highest BCUT2D eigenvalue weighted by molar-refractivity contribution is 5.94. The Morgan fingerprint density at radius 2 is 2.36 bits per heavy atom. The van der Waals surface area contributed by atoms with Gasteiger partial charge < -0.3 is 10.4 Å². The fraction of sp³-hybridized carbons (Fsp3) is 0.100. The first kappa shape index (κ1) is 10.1. The molecular formula is C10H8FNO2. The summed E-state index contributed by atoms with van der Waals surface area (Å²) in [7, 11) is 0. The molecule has 14 heavy (non-hydrogen) atoms. The Morgan fingerprint density at radius 1 is 1.64 bits per heavy atom. The number of rotatable bonds is 3. The number of benzene rings is 1. The Labute approximate surface area is 80.6 Å². The number of terminal acetylenes is 1. The van der Waals surface area contributed by atoms with Gasteiger partial charge in [0.25, 0.3) is 0 Å². The third-order valence-corrected chi connectivity index (χ3v) is 1.59. The highest BCUT2D eigenvalue weighted by Crippen LogP contribution is 2.16. The van der Waals surface area contributed by atoms with Gasteiger partial charge >= 0.3 is 5.97 Å². The lowest BCUT2D eigenvalue weighted by Gasteiger charge is -2.06. The normalized spacial score (nSPS) is 9.14. The second-order valence-corrected chi connectivity index (χ2v) is 2.55. The van der Waals surface area contributed by atoms with Crippen LogP contribution >= 0.6 is 0 Å². The third-order valence-electron chi connectivity index (χ3n) is 1.59. The van der Waals surface area contributed by atoms with Gasteiger partial charge in [-0.1, -0.05) is 5.92 Å². The summed E-state index contributed by atoms with van der Waals surface area (Å²) in [5, 5.41) is 11.4. The molecular weight excluding hydrogens is 185 g/mol. The van der Waals surface area contributed by atoms with Crippen LogP contribution in [0.2, 0.25) is 0 Å². The Kier molecular flexibility index (Phi) is 3.08. The molecule has 0 unspecified atom stereocenters. The molecule has 0 amide bonds. The SMILES string of the molecule is C#CCNc1ccc(F)cc1C(=O)O. The standard InChI is InChI=1S/C10H8FNO2/c1-2-5-12-9-4-3-7(11)6-8(9)10(13)14/h1,3-4,6,12H,5H2,(H,13,14). The number of hydrogen-bond acceptors (Lipinski definition) is 2. The van der Waals surface area contributed by atoms with E-state index >= 15 is 0 Å². The molecule has 0 atom stereocenters. The van der Waals surface area contributed by atoms with Crippen LogP contribution in [-0.2, 0) is 0 Å². The van der Waals surface area contributed by atoms with E-state index in [1.807, 2.05) is 0 Å². The lowest BCUT2D eigenvalue weighted by molar-refractivity contribution is 0.0697. The van der Waals surface area contributed by atoms with Crippen LogP contribution in [0.25, 0.3) is 0 Å². The summed E-state index contributed by atoms with van der Waals surface area (Å²) < 4.78 is 12.7. The molecule has 0 heterocycles. The molecule has 2 N–H and O–H groups in total. The molecule has 0 aliphatic heterocycles. The Balaban J connectivity index is 3.03. The molecule has 72 valence electrons. The monoisotopic (exact) mass is 193 g/mol. The quantitative estimate of drug-likeness (QED) is 0.716. The van der Waals surface area contributed by atoms with Gasteiger partial charge in [-0.2, -0.15) is 0 Å². The third kappa shape index (κ3) is 2.23. The van der Waals surface area contributed by atoms with E-state index in [9.17, 15) is 9.18 Å². The number of halogens is 1. The van der Waals surface area contributed by atoms with E-state index in [1.165, 1.54) is 12.1 Å². The zero-order valence-corrected chi connectivity index (χ0v) is 7.25. The molecule has 0 spiro atoms. The predicted octanol–water partition coefficient (Wildman–Crippen LogP) is 1.57. The summed E-state index contributed by atoms with van der Waals surface area (Å²) >= 11 is 0. The summed E-state index contributed by atoms with van der Waals surface area (Å²) in [5.41, 5.74) is 0.192. The molecule has 1 aromatic rings. The van der Waals surface area contributed by atoms with E-state index in [1.54, 1.807) is 0 Å². The van der Waals surface area contributed by atoms with Crippen molar-refractivity contribution in [3.63, 3.8) is 0 Å². The maximum atomic E-state index is 12.7. The van der Waals surface area contributed by atoms with Crippen LogP contribution in [0.3, 0.4) is 0 Å². The summed E-state index contributed by atoms with van der Waals surface area (Å²) in [4.78, 5) is 10.7. The van der Waals surface area contributed by atoms with Crippen molar-refractivity contribution >= 4 is 11.7 Å². The Hall–Kier alpha value is -2.02. The minimum absolute atomic E-state index is 0.125. The fourth-order valence-corrected chi connectivity index (χ4v) is 0.994. The van der Waals surface area contributed by atoms with Crippen LogP contribution in [-0.4, -0.2) is 17.6 Å². The molecule has 1 aromatic carbocycles. The van der Waals surface area contributed by atoms with Gasteiger partial charge in [-0.3, -0.25) is 0 Å². The van der Waals surface area contributed by atoms with Crippen molar-refractivity contribution < 1.29 is 14.3 Å². The van der Waals surface area contributed by atoms with Crippen molar-refractivity contribution in [2.45, 2.75) is 0 Å². The summed E-state index contributed by atoms with van der Waals surface area (Å²) in [6, 6.07) is 3.46. The molecule has 0 saturated heterocycles. The second-order valence-electron chi connectivity index (χ2n) is 2.55. The molecule has 4 heteroatoms. The van der Waals surface area contributed by atoms with Crippen molar-refractivity contribution in [3.8, 4) is 12.3 Å². The molecule has 0 radical (unpaired) electrons. The first-order chi connectivity index (χ1) is 6.65. The maximum Gasteiger partial charge on any atom is 0.337 e. The first-order valence-electron chi connectivity index (χ1n) is 3.85. The molecule has 3 nitrogen and oxygen atoms in total. The van der Waals surface area contributed by atoms with Crippen LogP contribution in [0, 0.1) is 18.2 Å². The van der Waals surface area contributed by atoms with Gasteiger partial charge in [0.15, 0.2) is 0 Å². The zero-order chi connectivity index (χ0) is 10.6. The van der Waals surface area contributed by atoms with Crippen LogP contribution < -0.4 is 5.32 Å². The zero-order valence-electron chi connectivity index (χ0n) is 7.25. The van der Waals surface area contributed by atoms with Crippen LogP contribution in [0.15, 0.2) is 18.2 Å². The van der Waals surface area contributed by atoms with Gasteiger partial charge in [-0.05, 0) is 18.2 Å². The number of nitrogens with one attached hydrogen (secondary N) is 1. The first-order valence-corrected chi connectivity index (χ1v) is 3.85. The molecule has 1 rings (SSSR count). The van der Waals surface area contributed by atoms with Crippen LogP contribution in [0.1, 0.15) is 10.4 Å². The van der Waals surface area contributed by atoms with Gasteiger partial charge in [-0.25, -0.2) is 9.18 Å². The molecule has 0 aliphatic rings. The van der Waals surface area contributed by atoms with E-state index in [4.69, 9.17) is 11.5 Å². The van der Waals surface area contributed by atoms with Crippen molar-refractivity contribution in [1.29, 1.82) is 0 Å². The van der Waals surface area contributed by atoms with Crippen molar-refractivity contribution in [1.82, 2.24) is 0 Å². The Bertz CT molecular complexity index is 396. The lowest BCUT2D eigenvalue weighted by Crippen LogP contribution is -2.06. The number of carboxylic acid groups (broad SMARTS) is 1. The minimum Gasteiger partial charge on any atom is -0.478 e. The highest BCUT2D eigenvalue weighted by Gasteiger charge is 2.10. The van der Waals surface area contributed by atoms with Gasteiger partial charge in [0.1, 0.15) is 5.82 Å². The van der Waals surface area contributed by atoms with E-state index in [2.05, 4.69) is 11.2 Å². The number of aromatic carboxylic acids is 1. The number of carboxylic acids is 1. The van der Waals surface area contributed by atoms with Crippen molar-refractivity contribution in [2.75, 3.05) is 11.9 Å². The van der Waals surface area contributed by atoms with Gasteiger partial charge in [0.2, 0.25) is 0 Å². The molecule has 0 saturated carbocycles. The predicted molar refractivity (Wildman–Crippen MR) is 50.7 cm³/mol. The maximum absolute atomic E-state index is 12.7. The molecule has 0 fully saturated rings. The highest BCUT2D eigenvalue weighted by atomic mass is 19.1. The van der Waals surface area contributed by atoms with Gasteiger partial charge in [0, 0.05) is 5.69 Å². The topological polar surface area (TPSA) is 49.3 Å². The number of anilines is 1. The number of carbonyl (C=O) groups is 1. The van der Waals surface area contributed by atoms with E-state index < -0.39 is 11.8 Å². The average Bonchev–Trinajstić information content (AvgIpc) is 2.15. The Morgan fingerprint density at radius 3 is 2.93 bits per heavy atom. The largest absolute Gasteiger partial charge is 0.478 e. The number of hydrogen-bond donors (Lipinski definition) is 2. The summed E-state index contributed by atoms with van der Waals surface area (Å²) in [6.07, 6.45) is 5.00. The van der Waals surface area contributed by atoms with E-state index in [0.29, 0.717) is 5.69 Å². The summed E-state index contributed by atoms with van der Waals surface area (Å²) in [5.74, 6) is 0.519. The fourth-order valence-electron chi connectivity index (χ4n) is 0.994. The molecule has 0 aliphatic carbocycles. The molecule has 0 aromatic heterocycles. The van der Waals surface area contributed by atoms with Crippen LogP contribution in [0.4, 0.5) is 10.1 Å². The van der Waals surface area contributed by atoms with Crippen molar-refractivity contribution in [3.05, 3.63) is 29.6 Å². The minimum atomic E-state index is -1.19. The summed E-state index contributed by atoms with van der Waals surface area (Å²) in [6.45, 7) is 0.200. The van der Waals surface area contributed by atoms with Gasteiger partial charge in [0.05, 0.1) is 12.1 Å². The van der Waals surface area contributed by atoms with Crippen LogP contribution in [0.5, 0.6) is 0 Å². The van der Waals surface area contributed by atoms with Gasteiger partial charge in [-0.15, -0.1) is 6.42 Å².